The number of thiazole rings is 1. The fourth-order valence-corrected chi connectivity index (χ4v) is 2.12. The largest absolute Gasteiger partial charge is 0.341 e. The molecule has 0 fully saturated rings. The van der Waals surface area contributed by atoms with Crippen molar-refractivity contribution in [2.45, 2.75) is 6.92 Å². The van der Waals surface area contributed by atoms with Gasteiger partial charge in [0.15, 0.2) is 0 Å². The summed E-state index contributed by atoms with van der Waals surface area (Å²) >= 11 is 1.65. The van der Waals surface area contributed by atoms with E-state index in [1.807, 2.05) is 25.1 Å². The van der Waals surface area contributed by atoms with Gasteiger partial charge >= 0.3 is 6.03 Å². The molecule has 0 aliphatic heterocycles. The molecule has 2 N–H and O–H groups in total. The lowest BCUT2D eigenvalue weighted by atomic mass is 10.3. The average molecular weight is 221 g/mol. The van der Waals surface area contributed by atoms with Crippen molar-refractivity contribution in [1.82, 2.24) is 10.3 Å². The number of rotatable bonds is 1. The molecule has 1 heterocycles. The fourth-order valence-electron chi connectivity index (χ4n) is 1.31. The van der Waals surface area contributed by atoms with Gasteiger partial charge in [-0.3, -0.25) is 0 Å². The maximum absolute atomic E-state index is 11.1. The molecule has 78 valence electrons. The number of fused-ring (bicyclic) bond motifs is 1. The van der Waals surface area contributed by atoms with E-state index in [1.165, 1.54) is 0 Å². The molecule has 2 aromatic rings. The van der Waals surface area contributed by atoms with Crippen LogP contribution in [-0.2, 0) is 0 Å². The third-order valence-corrected chi connectivity index (χ3v) is 2.93. The number of amides is 2. The average Bonchev–Trinajstić information content (AvgIpc) is 2.57. The van der Waals surface area contributed by atoms with E-state index in [4.69, 9.17) is 0 Å². The summed E-state index contributed by atoms with van der Waals surface area (Å²) in [6.07, 6.45) is 0. The Morgan fingerprint density at radius 3 is 3.00 bits per heavy atom. The molecule has 0 aliphatic rings. The van der Waals surface area contributed by atoms with Gasteiger partial charge in [-0.25, -0.2) is 9.78 Å². The van der Waals surface area contributed by atoms with Crippen LogP contribution in [0.1, 0.15) is 5.01 Å². The Bertz CT molecular complexity index is 506. The van der Waals surface area contributed by atoms with Crippen molar-refractivity contribution >= 4 is 33.3 Å². The molecule has 0 bridgehead atoms. The standard InChI is InChI=1S/C10H11N3OS/c1-6-12-8-5-7(13-10(14)11-2)3-4-9(8)15-6/h3-5H,1-2H3,(H2,11,13,14). The monoisotopic (exact) mass is 221 g/mol. The SMILES string of the molecule is CNC(=O)Nc1ccc2sc(C)nc2c1. The quantitative estimate of drug-likeness (QED) is 0.776. The number of carbonyl (C=O) groups excluding carboxylic acids is 1. The van der Waals surface area contributed by atoms with Crippen molar-refractivity contribution in [2.75, 3.05) is 12.4 Å². The molecule has 0 saturated heterocycles. The molecule has 5 heteroatoms. The van der Waals surface area contributed by atoms with Gasteiger partial charge in [-0.15, -0.1) is 11.3 Å². The summed E-state index contributed by atoms with van der Waals surface area (Å²) in [6.45, 7) is 1.97. The predicted molar refractivity (Wildman–Crippen MR) is 62.4 cm³/mol. The van der Waals surface area contributed by atoms with Crippen molar-refractivity contribution in [3.8, 4) is 0 Å². The third-order valence-electron chi connectivity index (χ3n) is 1.98. The lowest BCUT2D eigenvalue weighted by Crippen LogP contribution is -2.24. The van der Waals surface area contributed by atoms with Crippen molar-refractivity contribution in [1.29, 1.82) is 0 Å². The Morgan fingerprint density at radius 1 is 1.47 bits per heavy atom. The van der Waals surface area contributed by atoms with E-state index in [1.54, 1.807) is 18.4 Å². The van der Waals surface area contributed by atoms with E-state index in [2.05, 4.69) is 15.6 Å². The zero-order chi connectivity index (χ0) is 10.8. The van der Waals surface area contributed by atoms with Crippen LogP contribution < -0.4 is 10.6 Å². The van der Waals surface area contributed by atoms with Gasteiger partial charge < -0.3 is 10.6 Å². The first-order valence-corrected chi connectivity index (χ1v) is 5.36. The third kappa shape index (κ3) is 2.07. The van der Waals surface area contributed by atoms with Gasteiger partial charge in [0.2, 0.25) is 0 Å². The fraction of sp³-hybridized carbons (Fsp3) is 0.200. The van der Waals surface area contributed by atoms with Crippen LogP contribution in [-0.4, -0.2) is 18.1 Å². The number of nitrogens with one attached hydrogen (secondary N) is 2. The van der Waals surface area contributed by atoms with Crippen LogP contribution in [0.3, 0.4) is 0 Å². The zero-order valence-corrected chi connectivity index (χ0v) is 9.31. The lowest BCUT2D eigenvalue weighted by molar-refractivity contribution is 0.254. The normalized spacial score (nSPS) is 10.3. The topological polar surface area (TPSA) is 54.0 Å². The molecule has 15 heavy (non-hydrogen) atoms. The number of aryl methyl sites for hydroxylation is 1. The second-order valence-corrected chi connectivity index (χ2v) is 4.35. The van der Waals surface area contributed by atoms with E-state index < -0.39 is 0 Å². The molecule has 0 atom stereocenters. The summed E-state index contributed by atoms with van der Waals surface area (Å²) in [5.41, 5.74) is 1.68. The number of benzene rings is 1. The number of hydrogen-bond acceptors (Lipinski definition) is 3. The molecular weight excluding hydrogens is 210 g/mol. The van der Waals surface area contributed by atoms with E-state index in [-0.39, 0.29) is 6.03 Å². The molecule has 4 nitrogen and oxygen atoms in total. The Kier molecular flexibility index (Phi) is 2.55. The van der Waals surface area contributed by atoms with Crippen LogP contribution in [0.5, 0.6) is 0 Å². The van der Waals surface area contributed by atoms with Crippen molar-refractivity contribution in [3.63, 3.8) is 0 Å². The number of nitrogens with zero attached hydrogens (tertiary/aromatic N) is 1. The van der Waals surface area contributed by atoms with E-state index in [0.29, 0.717) is 0 Å². The smallest absolute Gasteiger partial charge is 0.318 e. The summed E-state index contributed by atoms with van der Waals surface area (Å²) in [5, 5.41) is 6.24. The summed E-state index contributed by atoms with van der Waals surface area (Å²) in [7, 11) is 1.58. The van der Waals surface area contributed by atoms with Crippen molar-refractivity contribution < 1.29 is 4.79 Å². The molecular formula is C10H11N3OS. The minimum Gasteiger partial charge on any atom is -0.341 e. The summed E-state index contributed by atoms with van der Waals surface area (Å²) in [6, 6.07) is 5.48. The number of hydrogen-bond donors (Lipinski definition) is 2. The van der Waals surface area contributed by atoms with Gasteiger partial charge in [-0.2, -0.15) is 0 Å². The summed E-state index contributed by atoms with van der Waals surface area (Å²) in [4.78, 5) is 15.4. The lowest BCUT2D eigenvalue weighted by Gasteiger charge is -2.03. The van der Waals surface area contributed by atoms with Crippen molar-refractivity contribution in [2.24, 2.45) is 0 Å². The number of carbonyl (C=O) groups is 1. The van der Waals surface area contributed by atoms with Gasteiger partial charge in [0.25, 0.3) is 0 Å². The zero-order valence-electron chi connectivity index (χ0n) is 8.50. The molecule has 2 rings (SSSR count). The highest BCUT2D eigenvalue weighted by Crippen LogP contribution is 2.24. The Morgan fingerprint density at radius 2 is 2.27 bits per heavy atom. The van der Waals surface area contributed by atoms with Crippen LogP contribution in [0.4, 0.5) is 10.5 Å². The molecule has 1 aromatic carbocycles. The molecule has 2 amide bonds. The molecule has 0 radical (unpaired) electrons. The first-order valence-electron chi connectivity index (χ1n) is 4.55. The number of anilines is 1. The minimum atomic E-state index is -0.221. The highest BCUT2D eigenvalue weighted by Gasteiger charge is 2.03. The maximum atomic E-state index is 11.1. The van der Waals surface area contributed by atoms with Gasteiger partial charge in [0.05, 0.1) is 15.2 Å². The number of urea groups is 1. The highest BCUT2D eigenvalue weighted by molar-refractivity contribution is 7.18. The molecule has 0 saturated carbocycles. The van der Waals surface area contributed by atoms with Crippen molar-refractivity contribution in [3.05, 3.63) is 23.2 Å². The molecule has 0 spiro atoms. The second-order valence-electron chi connectivity index (χ2n) is 3.12. The van der Waals surface area contributed by atoms with Gasteiger partial charge in [-0.1, -0.05) is 0 Å². The van der Waals surface area contributed by atoms with E-state index in [9.17, 15) is 4.79 Å². The van der Waals surface area contributed by atoms with Crippen LogP contribution in [0.25, 0.3) is 10.2 Å². The minimum absolute atomic E-state index is 0.221. The molecule has 1 aromatic heterocycles. The Balaban J connectivity index is 2.33. The Hall–Kier alpha value is -1.62. The van der Waals surface area contributed by atoms with E-state index >= 15 is 0 Å². The van der Waals surface area contributed by atoms with Gasteiger partial charge in [0.1, 0.15) is 0 Å². The Labute approximate surface area is 91.3 Å². The maximum Gasteiger partial charge on any atom is 0.318 e. The first kappa shape index (κ1) is 9.92. The van der Waals surface area contributed by atoms with Gasteiger partial charge in [-0.05, 0) is 25.1 Å². The summed E-state index contributed by atoms with van der Waals surface area (Å²) in [5.74, 6) is 0. The van der Waals surface area contributed by atoms with Crippen LogP contribution in [0, 0.1) is 6.92 Å². The van der Waals surface area contributed by atoms with Crippen LogP contribution >= 0.6 is 11.3 Å². The summed E-state index contributed by atoms with van der Waals surface area (Å²) < 4.78 is 1.13. The highest BCUT2D eigenvalue weighted by atomic mass is 32.1. The number of aromatic nitrogens is 1. The first-order chi connectivity index (χ1) is 7.19. The molecule has 0 unspecified atom stereocenters. The predicted octanol–water partition coefficient (Wildman–Crippen LogP) is 2.36. The molecule has 0 aliphatic carbocycles. The van der Waals surface area contributed by atoms with Gasteiger partial charge in [0, 0.05) is 12.7 Å². The van der Waals surface area contributed by atoms with Crippen LogP contribution in [0.15, 0.2) is 18.2 Å². The van der Waals surface area contributed by atoms with E-state index in [0.717, 1.165) is 20.9 Å². The van der Waals surface area contributed by atoms with Crippen LogP contribution in [0.2, 0.25) is 0 Å². The second kappa shape index (κ2) is 3.86.